The average molecular weight is 441 g/mol. The van der Waals surface area contributed by atoms with Crippen molar-refractivity contribution in [3.8, 4) is 0 Å². The predicted molar refractivity (Wildman–Crippen MR) is 127 cm³/mol. The van der Waals surface area contributed by atoms with Gasteiger partial charge in [0.2, 0.25) is 0 Å². The topological polar surface area (TPSA) is 44.8 Å². The van der Waals surface area contributed by atoms with Gasteiger partial charge < -0.3 is 14.2 Å². The van der Waals surface area contributed by atoms with Gasteiger partial charge in [-0.3, -0.25) is 0 Å². The highest BCUT2D eigenvalue weighted by molar-refractivity contribution is 5.87. The molecule has 4 nitrogen and oxygen atoms in total. The quantitative estimate of drug-likeness (QED) is 0.373. The van der Waals surface area contributed by atoms with Gasteiger partial charge in [-0.05, 0) is 42.0 Å². The van der Waals surface area contributed by atoms with Crippen molar-refractivity contribution in [2.75, 3.05) is 6.61 Å². The van der Waals surface area contributed by atoms with Crippen LogP contribution in [-0.4, -0.2) is 31.1 Å². The molecule has 168 valence electrons. The fourth-order valence-corrected chi connectivity index (χ4v) is 5.08. The lowest BCUT2D eigenvalue weighted by Crippen LogP contribution is -2.53. The molecule has 3 atom stereocenters. The minimum absolute atomic E-state index is 0.0113. The summed E-state index contributed by atoms with van der Waals surface area (Å²) < 4.78 is 18.2. The molecule has 2 aliphatic rings. The fourth-order valence-electron chi connectivity index (χ4n) is 5.08. The Kier molecular flexibility index (Phi) is 6.38. The molecule has 2 bridgehead atoms. The second-order valence-corrected chi connectivity index (χ2v) is 8.95. The van der Waals surface area contributed by atoms with Crippen molar-refractivity contribution in [3.63, 3.8) is 0 Å². The van der Waals surface area contributed by atoms with E-state index in [9.17, 15) is 4.79 Å². The smallest absolute Gasteiger partial charge is 0.331 e. The third-order valence-corrected chi connectivity index (χ3v) is 6.51. The minimum Gasteiger partial charge on any atom is -0.453 e. The molecule has 5 rings (SSSR count). The zero-order valence-corrected chi connectivity index (χ0v) is 18.5. The lowest BCUT2D eigenvalue weighted by atomic mass is 9.67. The highest BCUT2D eigenvalue weighted by Crippen LogP contribution is 2.47. The van der Waals surface area contributed by atoms with Crippen LogP contribution in [0.3, 0.4) is 0 Å². The van der Waals surface area contributed by atoms with Gasteiger partial charge in [-0.15, -0.1) is 0 Å². The monoisotopic (exact) mass is 440 g/mol. The summed E-state index contributed by atoms with van der Waals surface area (Å²) in [5.41, 5.74) is 3.06. The Morgan fingerprint density at radius 3 is 2.06 bits per heavy atom. The van der Waals surface area contributed by atoms with Gasteiger partial charge in [0.15, 0.2) is 12.4 Å². The molecule has 3 aromatic carbocycles. The van der Waals surface area contributed by atoms with E-state index in [4.69, 9.17) is 14.2 Å². The summed E-state index contributed by atoms with van der Waals surface area (Å²) in [6, 6.07) is 30.6. The van der Waals surface area contributed by atoms with Crippen LogP contribution in [0.25, 0.3) is 6.08 Å². The van der Waals surface area contributed by atoms with E-state index >= 15 is 0 Å². The number of benzene rings is 3. The van der Waals surface area contributed by atoms with E-state index in [1.54, 1.807) is 6.08 Å². The van der Waals surface area contributed by atoms with E-state index in [1.165, 1.54) is 17.2 Å². The summed E-state index contributed by atoms with van der Waals surface area (Å²) in [5.74, 6) is -0.382. The molecule has 0 N–H and O–H groups in total. The van der Waals surface area contributed by atoms with Crippen LogP contribution in [0.1, 0.15) is 23.1 Å². The Morgan fingerprint density at radius 2 is 1.45 bits per heavy atom. The minimum atomic E-state index is -0.551. The second-order valence-electron chi connectivity index (χ2n) is 8.95. The van der Waals surface area contributed by atoms with Crippen molar-refractivity contribution in [2.45, 2.75) is 37.8 Å². The number of hydrogen-bond donors (Lipinski definition) is 0. The molecule has 3 aromatic rings. The van der Waals surface area contributed by atoms with Crippen molar-refractivity contribution in [1.82, 2.24) is 0 Å². The number of carbonyl (C=O) groups is 1. The largest absolute Gasteiger partial charge is 0.453 e. The predicted octanol–water partition coefficient (Wildman–Crippen LogP) is 5.23. The van der Waals surface area contributed by atoms with E-state index in [0.29, 0.717) is 6.61 Å². The number of rotatable bonds is 7. The van der Waals surface area contributed by atoms with Gasteiger partial charge in [-0.2, -0.15) is 0 Å². The summed E-state index contributed by atoms with van der Waals surface area (Å²) in [5, 5.41) is 0. The first-order valence-corrected chi connectivity index (χ1v) is 11.5. The van der Waals surface area contributed by atoms with Crippen LogP contribution >= 0.6 is 0 Å². The third kappa shape index (κ3) is 5.08. The SMILES string of the molecule is O=C(C=Cc1ccccc1)OC1C2OCC(CC1(Cc1ccccc1)Cc1ccccc1)O2. The molecule has 0 amide bonds. The molecular formula is C29H28O4. The summed E-state index contributed by atoms with van der Waals surface area (Å²) >= 11 is 0. The first-order valence-electron chi connectivity index (χ1n) is 11.5. The number of hydrogen-bond acceptors (Lipinski definition) is 4. The molecule has 2 aliphatic heterocycles. The first-order chi connectivity index (χ1) is 16.2. The van der Waals surface area contributed by atoms with Gasteiger partial charge in [0, 0.05) is 11.5 Å². The molecule has 0 aliphatic carbocycles. The number of esters is 1. The Bertz CT molecular complexity index is 1040. The van der Waals surface area contributed by atoms with Crippen molar-refractivity contribution in [3.05, 3.63) is 114 Å². The normalized spacial score (nSPS) is 23.5. The Morgan fingerprint density at radius 1 is 0.879 bits per heavy atom. The Balaban J connectivity index is 1.46. The van der Waals surface area contributed by atoms with Gasteiger partial charge in [-0.25, -0.2) is 4.79 Å². The molecule has 0 saturated carbocycles. The standard InChI is InChI=1S/C29H28O4/c30-26(17-16-22-10-4-1-5-11-22)33-27-28-31-21-25(32-28)20-29(27,18-23-12-6-2-7-13-23)19-24-14-8-3-9-15-24/h1-17,25,27-28H,18-21H2. The molecule has 33 heavy (non-hydrogen) atoms. The van der Waals surface area contributed by atoms with Crippen molar-refractivity contribution in [1.29, 1.82) is 0 Å². The summed E-state index contributed by atoms with van der Waals surface area (Å²) in [6.45, 7) is 0.532. The lowest BCUT2D eigenvalue weighted by Gasteiger charge is -2.45. The number of carbonyl (C=O) groups excluding carboxylic acids is 1. The summed E-state index contributed by atoms with van der Waals surface area (Å²) in [4.78, 5) is 12.9. The zero-order chi connectivity index (χ0) is 22.5. The van der Waals surface area contributed by atoms with Crippen LogP contribution in [-0.2, 0) is 31.8 Å². The summed E-state index contributed by atoms with van der Waals surface area (Å²) in [7, 11) is 0. The van der Waals surface area contributed by atoms with Gasteiger partial charge >= 0.3 is 5.97 Å². The van der Waals surface area contributed by atoms with E-state index in [1.807, 2.05) is 42.5 Å². The van der Waals surface area contributed by atoms with E-state index in [2.05, 4.69) is 48.5 Å². The van der Waals surface area contributed by atoms with Crippen LogP contribution in [0, 0.1) is 5.41 Å². The maximum absolute atomic E-state index is 12.9. The molecule has 0 radical (unpaired) electrons. The maximum Gasteiger partial charge on any atom is 0.331 e. The molecule has 0 spiro atoms. The Labute approximate surface area is 194 Å². The van der Waals surface area contributed by atoms with Gasteiger partial charge in [0.25, 0.3) is 0 Å². The van der Waals surface area contributed by atoms with Crippen LogP contribution in [0.5, 0.6) is 0 Å². The van der Waals surface area contributed by atoms with Crippen molar-refractivity contribution >= 4 is 12.0 Å². The van der Waals surface area contributed by atoms with Gasteiger partial charge in [0.1, 0.15) is 0 Å². The third-order valence-electron chi connectivity index (χ3n) is 6.51. The van der Waals surface area contributed by atoms with E-state index in [-0.39, 0.29) is 17.5 Å². The van der Waals surface area contributed by atoms with Crippen LogP contribution in [0.15, 0.2) is 97.1 Å². The molecular weight excluding hydrogens is 412 g/mol. The zero-order valence-electron chi connectivity index (χ0n) is 18.5. The highest BCUT2D eigenvalue weighted by atomic mass is 16.7. The number of fused-ring (bicyclic) bond motifs is 2. The average Bonchev–Trinajstić information content (AvgIpc) is 3.25. The fraction of sp³-hybridized carbons (Fsp3) is 0.276. The molecule has 3 unspecified atom stereocenters. The highest BCUT2D eigenvalue weighted by Gasteiger charge is 2.55. The number of ether oxygens (including phenoxy) is 3. The van der Waals surface area contributed by atoms with E-state index in [0.717, 1.165) is 24.8 Å². The summed E-state index contributed by atoms with van der Waals surface area (Å²) in [6.07, 6.45) is 4.55. The molecule has 2 saturated heterocycles. The molecule has 4 heteroatoms. The van der Waals surface area contributed by atoms with Crippen molar-refractivity contribution in [2.24, 2.45) is 5.41 Å². The Hall–Kier alpha value is -3.21. The van der Waals surface area contributed by atoms with Crippen LogP contribution < -0.4 is 0 Å². The van der Waals surface area contributed by atoms with Gasteiger partial charge in [0.05, 0.1) is 12.7 Å². The van der Waals surface area contributed by atoms with E-state index < -0.39 is 12.4 Å². The van der Waals surface area contributed by atoms with Crippen LogP contribution in [0.2, 0.25) is 0 Å². The second kappa shape index (κ2) is 9.74. The first kappa shape index (κ1) is 21.6. The molecule has 2 heterocycles. The molecule has 2 fully saturated rings. The molecule has 0 aromatic heterocycles. The van der Waals surface area contributed by atoms with Gasteiger partial charge in [-0.1, -0.05) is 91.0 Å². The van der Waals surface area contributed by atoms with Crippen LogP contribution in [0.4, 0.5) is 0 Å². The maximum atomic E-state index is 12.9. The lowest BCUT2D eigenvalue weighted by molar-refractivity contribution is -0.221. The van der Waals surface area contributed by atoms with Crippen molar-refractivity contribution < 1.29 is 19.0 Å².